The molecule has 234 valence electrons. The highest BCUT2D eigenvalue weighted by Crippen LogP contribution is 2.50. The Morgan fingerprint density at radius 1 is 0.792 bits per heavy atom. The van der Waals surface area contributed by atoms with Gasteiger partial charge in [-0.15, -0.1) is 5.73 Å². The molecule has 0 saturated heterocycles. The molecule has 0 fully saturated rings. The van der Waals surface area contributed by atoms with Crippen LogP contribution < -0.4 is 0 Å². The molecule has 2 heteroatoms. The van der Waals surface area contributed by atoms with E-state index in [1.54, 1.807) is 5.56 Å². The Morgan fingerprint density at radius 3 is 2.31 bits per heavy atom. The van der Waals surface area contributed by atoms with Crippen molar-refractivity contribution in [1.82, 2.24) is 4.57 Å². The first kappa shape index (κ1) is 28.0. The van der Waals surface area contributed by atoms with Gasteiger partial charge in [-0.25, -0.2) is 0 Å². The van der Waals surface area contributed by atoms with Gasteiger partial charge in [0.05, 0.1) is 0 Å². The summed E-state index contributed by atoms with van der Waals surface area (Å²) in [6.07, 6.45) is 25.0. The summed E-state index contributed by atoms with van der Waals surface area (Å²) in [7, 11) is 0. The fourth-order valence-electron chi connectivity index (χ4n) is 9.45. The molecule has 4 aliphatic carbocycles. The average Bonchev–Trinajstić information content (AvgIpc) is 3.40. The molecule has 10 rings (SSSR count). The zero-order chi connectivity index (χ0) is 31.9. The first-order valence-corrected chi connectivity index (χ1v) is 17.8. The van der Waals surface area contributed by atoms with Crippen molar-refractivity contribution in [1.29, 1.82) is 0 Å². The third-order valence-electron chi connectivity index (χ3n) is 11.7. The van der Waals surface area contributed by atoms with Gasteiger partial charge in [0.2, 0.25) is 0 Å². The number of nitrogens with zero attached hydrogens (tertiary/aromatic N) is 1. The molecular formula is C46H39NO. The van der Waals surface area contributed by atoms with E-state index in [9.17, 15) is 0 Å². The third kappa shape index (κ3) is 4.06. The van der Waals surface area contributed by atoms with Crippen LogP contribution in [0, 0.1) is 17.8 Å². The Bertz CT molecular complexity index is 2380. The number of hydrogen-bond donors (Lipinski definition) is 0. The summed E-state index contributed by atoms with van der Waals surface area (Å²) < 4.78 is 9.41. The molecule has 1 aliphatic heterocycles. The molecule has 0 spiro atoms. The summed E-state index contributed by atoms with van der Waals surface area (Å²) in [5.74, 6) is 2.53. The van der Waals surface area contributed by atoms with E-state index in [1.165, 1.54) is 72.5 Å². The van der Waals surface area contributed by atoms with Gasteiger partial charge in [0.1, 0.15) is 11.9 Å². The number of allylic oxidation sites excluding steroid dienone is 6. The van der Waals surface area contributed by atoms with Crippen LogP contribution in [0.25, 0.3) is 44.1 Å². The molecule has 4 aromatic carbocycles. The van der Waals surface area contributed by atoms with Crippen LogP contribution >= 0.6 is 0 Å². The van der Waals surface area contributed by atoms with Crippen molar-refractivity contribution in [3.63, 3.8) is 0 Å². The molecule has 5 aromatic rings. The van der Waals surface area contributed by atoms with Crippen molar-refractivity contribution < 1.29 is 4.74 Å². The van der Waals surface area contributed by atoms with E-state index in [0.29, 0.717) is 11.8 Å². The van der Waals surface area contributed by atoms with Gasteiger partial charge in [-0.3, -0.25) is 0 Å². The van der Waals surface area contributed by atoms with Gasteiger partial charge in [-0.1, -0.05) is 92.7 Å². The van der Waals surface area contributed by atoms with Crippen molar-refractivity contribution in [3.05, 3.63) is 160 Å². The molecule has 0 bridgehead atoms. The quantitative estimate of drug-likeness (QED) is 0.109. The Kier molecular flexibility index (Phi) is 6.27. The van der Waals surface area contributed by atoms with Gasteiger partial charge in [0.15, 0.2) is 0 Å². The fraction of sp³-hybridized carbons (Fsp3) is 0.239. The Hall–Kier alpha value is -5.04. The average molecular weight is 622 g/mol. The second kappa shape index (κ2) is 10.7. The summed E-state index contributed by atoms with van der Waals surface area (Å²) in [6, 6.07) is 25.0. The zero-order valence-electron chi connectivity index (χ0n) is 27.6. The van der Waals surface area contributed by atoms with Gasteiger partial charge in [0.25, 0.3) is 0 Å². The topological polar surface area (TPSA) is 14.2 Å². The monoisotopic (exact) mass is 621 g/mol. The third-order valence-corrected chi connectivity index (χ3v) is 11.7. The minimum Gasteiger partial charge on any atom is -0.485 e. The lowest BCUT2D eigenvalue weighted by atomic mass is 9.74. The van der Waals surface area contributed by atoms with Crippen molar-refractivity contribution in [2.75, 3.05) is 0 Å². The van der Waals surface area contributed by atoms with Crippen LogP contribution in [0.3, 0.4) is 0 Å². The van der Waals surface area contributed by atoms with Gasteiger partial charge >= 0.3 is 0 Å². The Balaban J connectivity index is 1.14. The van der Waals surface area contributed by atoms with E-state index in [2.05, 4.69) is 146 Å². The van der Waals surface area contributed by atoms with E-state index in [1.807, 2.05) is 0 Å². The Labute approximate surface area is 282 Å². The molecule has 5 aliphatic rings. The SMILES string of the molecule is CC1CCc2c3c(n(-c4ccc5c6ccccc6c6ccccc6c5c4)c2C1)C=CC(C1=CC=C=CC2=C1OC1C=CCC=CC21)C3C. The second-order valence-electron chi connectivity index (χ2n) is 14.5. The number of hydrogen-bond acceptors (Lipinski definition) is 1. The van der Waals surface area contributed by atoms with Gasteiger partial charge < -0.3 is 9.30 Å². The predicted octanol–water partition coefficient (Wildman–Crippen LogP) is 11.2. The number of rotatable bonds is 2. The number of fused-ring (bicyclic) bond motifs is 11. The van der Waals surface area contributed by atoms with Crippen LogP contribution in [0.2, 0.25) is 0 Å². The molecule has 0 N–H and O–H groups in total. The Morgan fingerprint density at radius 2 is 1.52 bits per heavy atom. The maximum Gasteiger partial charge on any atom is 0.128 e. The zero-order valence-corrected chi connectivity index (χ0v) is 27.6. The smallest absolute Gasteiger partial charge is 0.128 e. The van der Waals surface area contributed by atoms with E-state index in [4.69, 9.17) is 4.74 Å². The minimum absolute atomic E-state index is 0.0585. The largest absolute Gasteiger partial charge is 0.485 e. The fourth-order valence-corrected chi connectivity index (χ4v) is 9.45. The van der Waals surface area contributed by atoms with E-state index < -0.39 is 0 Å². The van der Waals surface area contributed by atoms with Crippen LogP contribution in [0.15, 0.2) is 138 Å². The summed E-state index contributed by atoms with van der Waals surface area (Å²) in [5.41, 5.74) is 13.2. The minimum atomic E-state index is 0.0585. The number of ether oxygens (including phenoxy) is 1. The van der Waals surface area contributed by atoms with Crippen LogP contribution in [0.4, 0.5) is 0 Å². The highest BCUT2D eigenvalue weighted by Gasteiger charge is 2.40. The molecule has 5 atom stereocenters. The van der Waals surface area contributed by atoms with Crippen LogP contribution in [0.1, 0.15) is 55.1 Å². The summed E-state index contributed by atoms with van der Waals surface area (Å²) in [6.45, 7) is 4.87. The van der Waals surface area contributed by atoms with Crippen LogP contribution in [0.5, 0.6) is 0 Å². The number of aromatic nitrogens is 1. The van der Waals surface area contributed by atoms with Crippen LogP contribution in [-0.2, 0) is 17.6 Å². The molecule has 1 aromatic heterocycles. The molecule has 2 nitrogen and oxygen atoms in total. The summed E-state index contributed by atoms with van der Waals surface area (Å²) in [4.78, 5) is 0. The molecule has 0 radical (unpaired) electrons. The normalized spacial score (nSPS) is 25.5. The molecule has 0 amide bonds. The maximum absolute atomic E-state index is 6.78. The lowest BCUT2D eigenvalue weighted by Crippen LogP contribution is -2.19. The van der Waals surface area contributed by atoms with E-state index >= 15 is 0 Å². The van der Waals surface area contributed by atoms with Crippen molar-refractivity contribution in [2.45, 2.75) is 51.6 Å². The standard InChI is InChI=1S/C46H39NO/c1-28-20-22-40-43(26-28)47(30-21-23-36-34-14-7-6-12-32(34)33-13-8-9-15-35(33)41(36)27-30)42-25-24-31(29(2)45(40)42)38-17-10-11-18-39-37-16-4-3-5-19-44(37)48-46(38)39/h4-10,12-19,21,23-25,27-29,31,37,44H,3,20,22,26H2,1-2H3. The van der Waals surface area contributed by atoms with E-state index in [0.717, 1.165) is 25.0 Å². The molecule has 5 unspecified atom stereocenters. The van der Waals surface area contributed by atoms with Gasteiger partial charge in [-0.05, 0) is 123 Å². The molecule has 48 heavy (non-hydrogen) atoms. The second-order valence-corrected chi connectivity index (χ2v) is 14.5. The van der Waals surface area contributed by atoms with Crippen molar-refractivity contribution in [3.8, 4) is 5.69 Å². The van der Waals surface area contributed by atoms with Crippen molar-refractivity contribution in [2.24, 2.45) is 17.8 Å². The van der Waals surface area contributed by atoms with Gasteiger partial charge in [-0.2, -0.15) is 0 Å². The predicted molar refractivity (Wildman–Crippen MR) is 199 cm³/mol. The summed E-state index contributed by atoms with van der Waals surface area (Å²) >= 11 is 0. The molecule has 2 heterocycles. The molecule has 0 saturated carbocycles. The lowest BCUT2D eigenvalue weighted by Gasteiger charge is -2.30. The highest BCUT2D eigenvalue weighted by atomic mass is 16.5. The summed E-state index contributed by atoms with van der Waals surface area (Å²) in [5, 5.41) is 7.94. The first-order chi connectivity index (χ1) is 23.7. The van der Waals surface area contributed by atoms with Crippen molar-refractivity contribution >= 4 is 38.4 Å². The van der Waals surface area contributed by atoms with E-state index in [-0.39, 0.29) is 17.9 Å². The highest BCUT2D eigenvalue weighted by molar-refractivity contribution is 6.25. The van der Waals surface area contributed by atoms with Gasteiger partial charge in [0, 0.05) is 40.1 Å². The maximum atomic E-state index is 6.78. The number of benzene rings is 4. The first-order valence-electron chi connectivity index (χ1n) is 17.8. The van der Waals surface area contributed by atoms with Crippen LogP contribution in [-0.4, -0.2) is 10.7 Å². The molecular weight excluding hydrogens is 583 g/mol. The lowest BCUT2D eigenvalue weighted by molar-refractivity contribution is 0.168.